The lowest BCUT2D eigenvalue weighted by molar-refractivity contribution is 0.494. The van der Waals surface area contributed by atoms with Crippen LogP contribution in [-0.4, -0.2) is 18.3 Å². The summed E-state index contributed by atoms with van der Waals surface area (Å²) in [5.41, 5.74) is 5.81. The van der Waals surface area contributed by atoms with Crippen LogP contribution in [0.2, 0.25) is 0 Å². The lowest BCUT2D eigenvalue weighted by atomic mass is 9.82. The van der Waals surface area contributed by atoms with E-state index >= 15 is 0 Å². The standard InChI is InChI=1S/C27H34N2/c1-5-7-8-21(4)28-16-15-27-19-25-18-26(29-27)14-13-24(17-20(25)3)23-11-9-22(6-2)10-12-23/h2,9-14,17-18,20-21,25,28H,5,7-8,15-16,19H2,1,3-4H3. The summed E-state index contributed by atoms with van der Waals surface area (Å²) in [7, 11) is 0. The van der Waals surface area contributed by atoms with E-state index in [-0.39, 0.29) is 0 Å². The third kappa shape index (κ3) is 6.05. The zero-order valence-corrected chi connectivity index (χ0v) is 18.1. The highest BCUT2D eigenvalue weighted by Crippen LogP contribution is 2.32. The highest BCUT2D eigenvalue weighted by molar-refractivity contribution is 5.88. The van der Waals surface area contributed by atoms with Crippen molar-refractivity contribution in [1.29, 1.82) is 0 Å². The maximum atomic E-state index is 5.49. The Bertz CT molecular complexity index is 846. The Morgan fingerprint density at radius 3 is 2.72 bits per heavy atom. The summed E-state index contributed by atoms with van der Waals surface area (Å²) in [5, 5.41) is 3.66. The van der Waals surface area contributed by atoms with Crippen molar-refractivity contribution in [1.82, 2.24) is 5.32 Å². The van der Waals surface area contributed by atoms with Gasteiger partial charge in [0, 0.05) is 23.9 Å². The predicted molar refractivity (Wildman–Crippen MR) is 126 cm³/mol. The van der Waals surface area contributed by atoms with Crippen LogP contribution in [0, 0.1) is 24.2 Å². The average Bonchev–Trinajstić information content (AvgIpc) is 2.74. The molecule has 0 saturated carbocycles. The molecule has 3 atom stereocenters. The Morgan fingerprint density at radius 2 is 2.00 bits per heavy atom. The maximum Gasteiger partial charge on any atom is 0.0592 e. The zero-order chi connectivity index (χ0) is 20.6. The van der Waals surface area contributed by atoms with Crippen molar-refractivity contribution in [3.63, 3.8) is 0 Å². The number of hydrogen-bond acceptors (Lipinski definition) is 2. The van der Waals surface area contributed by atoms with E-state index in [1.807, 2.05) is 12.1 Å². The summed E-state index contributed by atoms with van der Waals surface area (Å²) in [6.45, 7) is 7.88. The second-order valence-corrected chi connectivity index (χ2v) is 8.42. The molecule has 1 aliphatic heterocycles. The van der Waals surface area contributed by atoms with Crippen LogP contribution in [0.3, 0.4) is 0 Å². The third-order valence-corrected chi connectivity index (χ3v) is 5.98. The average molecular weight is 387 g/mol. The van der Waals surface area contributed by atoms with Crippen molar-refractivity contribution in [3.05, 3.63) is 65.4 Å². The lowest BCUT2D eigenvalue weighted by Crippen LogP contribution is -2.29. The number of benzene rings is 1. The number of unbranched alkanes of at least 4 members (excludes halogenated alkanes) is 1. The second-order valence-electron chi connectivity index (χ2n) is 8.42. The van der Waals surface area contributed by atoms with Gasteiger partial charge in [0.1, 0.15) is 0 Å². The van der Waals surface area contributed by atoms with Crippen LogP contribution in [0.25, 0.3) is 5.57 Å². The van der Waals surface area contributed by atoms with Gasteiger partial charge in [0.2, 0.25) is 0 Å². The summed E-state index contributed by atoms with van der Waals surface area (Å²) < 4.78 is 0. The number of nitrogens with one attached hydrogen (secondary N) is 1. The molecule has 2 aliphatic rings. The molecule has 29 heavy (non-hydrogen) atoms. The number of allylic oxidation sites excluding steroid dienone is 5. The monoisotopic (exact) mass is 386 g/mol. The Morgan fingerprint density at radius 1 is 1.21 bits per heavy atom. The highest BCUT2D eigenvalue weighted by Gasteiger charge is 2.22. The first-order chi connectivity index (χ1) is 14.1. The van der Waals surface area contributed by atoms with Crippen LogP contribution in [-0.2, 0) is 0 Å². The van der Waals surface area contributed by atoms with Gasteiger partial charge in [0.15, 0.2) is 0 Å². The fourth-order valence-corrected chi connectivity index (χ4v) is 4.07. The molecular weight excluding hydrogens is 352 g/mol. The van der Waals surface area contributed by atoms with Gasteiger partial charge in [-0.15, -0.1) is 6.42 Å². The first kappa shape index (κ1) is 21.3. The van der Waals surface area contributed by atoms with E-state index in [2.05, 4.69) is 68.4 Å². The predicted octanol–water partition coefficient (Wildman–Crippen LogP) is 6.16. The van der Waals surface area contributed by atoms with Crippen LogP contribution in [0.5, 0.6) is 0 Å². The van der Waals surface area contributed by atoms with Gasteiger partial charge in [-0.1, -0.05) is 63.0 Å². The molecule has 1 aromatic carbocycles. The molecule has 0 spiro atoms. The van der Waals surface area contributed by atoms with Gasteiger partial charge < -0.3 is 5.32 Å². The number of nitrogens with zero attached hydrogens (tertiary/aromatic N) is 1. The van der Waals surface area contributed by atoms with E-state index in [0.717, 1.165) is 30.6 Å². The van der Waals surface area contributed by atoms with Crippen LogP contribution >= 0.6 is 0 Å². The number of terminal acetylenes is 1. The largest absolute Gasteiger partial charge is 0.314 e. The molecule has 2 bridgehead atoms. The van der Waals surface area contributed by atoms with Gasteiger partial charge in [-0.2, -0.15) is 0 Å². The summed E-state index contributed by atoms with van der Waals surface area (Å²) in [6, 6.07) is 8.85. The molecule has 0 saturated heterocycles. The third-order valence-electron chi connectivity index (χ3n) is 5.98. The van der Waals surface area contributed by atoms with Gasteiger partial charge in [0.05, 0.1) is 5.70 Å². The molecule has 3 rings (SSSR count). The smallest absolute Gasteiger partial charge is 0.0592 e. The molecule has 1 heterocycles. The topological polar surface area (TPSA) is 24.4 Å². The Balaban J connectivity index is 1.66. The molecular formula is C27H34N2. The molecule has 0 fully saturated rings. The maximum absolute atomic E-state index is 5.49. The van der Waals surface area contributed by atoms with Gasteiger partial charge in [0.25, 0.3) is 0 Å². The number of aliphatic imine (C=N–C) groups is 1. The first-order valence-electron chi connectivity index (χ1n) is 11.1. The molecule has 1 aromatic rings. The Kier molecular flexibility index (Phi) is 7.67. The quantitative estimate of drug-likeness (QED) is 0.532. The van der Waals surface area contributed by atoms with E-state index in [9.17, 15) is 0 Å². The molecule has 3 unspecified atom stereocenters. The van der Waals surface area contributed by atoms with Crippen molar-refractivity contribution in [3.8, 4) is 12.3 Å². The van der Waals surface area contributed by atoms with E-state index in [1.165, 1.54) is 36.1 Å². The van der Waals surface area contributed by atoms with E-state index in [0.29, 0.717) is 17.9 Å². The summed E-state index contributed by atoms with van der Waals surface area (Å²) in [6.07, 6.45) is 20.5. The van der Waals surface area contributed by atoms with Crippen molar-refractivity contribution in [2.75, 3.05) is 6.54 Å². The summed E-state index contributed by atoms with van der Waals surface area (Å²) in [5.74, 6) is 3.67. The summed E-state index contributed by atoms with van der Waals surface area (Å²) in [4.78, 5) is 4.95. The number of rotatable bonds is 8. The molecule has 2 nitrogen and oxygen atoms in total. The fraction of sp³-hybridized carbons (Fsp3) is 0.444. The van der Waals surface area contributed by atoms with Gasteiger partial charge in [-0.05, 0) is 67.4 Å². The van der Waals surface area contributed by atoms with E-state index in [4.69, 9.17) is 11.4 Å². The minimum Gasteiger partial charge on any atom is -0.314 e. The second kappa shape index (κ2) is 10.4. The minimum absolute atomic E-state index is 0.471. The van der Waals surface area contributed by atoms with E-state index < -0.39 is 0 Å². The highest BCUT2D eigenvalue weighted by atomic mass is 14.9. The first-order valence-corrected chi connectivity index (χ1v) is 11.1. The Hall–Kier alpha value is -2.37. The molecule has 0 radical (unpaired) electrons. The molecule has 152 valence electrons. The van der Waals surface area contributed by atoms with Gasteiger partial charge in [-0.25, -0.2) is 0 Å². The minimum atomic E-state index is 0.471. The van der Waals surface area contributed by atoms with E-state index in [1.54, 1.807) is 0 Å². The van der Waals surface area contributed by atoms with Crippen LogP contribution in [0.4, 0.5) is 0 Å². The zero-order valence-electron chi connectivity index (χ0n) is 18.1. The molecule has 0 amide bonds. The number of fused-ring (bicyclic) bond motifs is 1. The van der Waals surface area contributed by atoms with Crippen LogP contribution < -0.4 is 5.32 Å². The molecule has 0 aromatic heterocycles. The molecule has 2 heteroatoms. The summed E-state index contributed by atoms with van der Waals surface area (Å²) >= 11 is 0. The van der Waals surface area contributed by atoms with Gasteiger partial charge in [-0.3, -0.25) is 4.99 Å². The van der Waals surface area contributed by atoms with Crippen LogP contribution in [0.15, 0.2) is 59.3 Å². The normalized spacial score (nSPS) is 21.9. The van der Waals surface area contributed by atoms with Crippen molar-refractivity contribution < 1.29 is 0 Å². The SMILES string of the molecule is C#Cc1ccc(C2=CC(C)C3C=C(C=C2)N=C(CCNC(C)CCCC)C3)cc1. The molecule has 1 N–H and O–H groups in total. The lowest BCUT2D eigenvalue weighted by Gasteiger charge is -2.26. The van der Waals surface area contributed by atoms with Crippen molar-refractivity contribution in [2.45, 2.75) is 58.9 Å². The van der Waals surface area contributed by atoms with Crippen molar-refractivity contribution >= 4 is 11.3 Å². The fourth-order valence-electron chi connectivity index (χ4n) is 4.07. The Labute approximate surface area is 176 Å². The number of hydrogen-bond donors (Lipinski definition) is 1. The van der Waals surface area contributed by atoms with Gasteiger partial charge >= 0.3 is 0 Å². The van der Waals surface area contributed by atoms with Crippen LogP contribution in [0.1, 0.15) is 64.0 Å². The molecule has 1 aliphatic carbocycles. The van der Waals surface area contributed by atoms with Crippen molar-refractivity contribution in [2.24, 2.45) is 16.8 Å².